The summed E-state index contributed by atoms with van der Waals surface area (Å²) < 4.78 is 21.7. The Labute approximate surface area is 205 Å². The molecule has 2 aromatic heterocycles. The second kappa shape index (κ2) is 10.7. The number of aromatic nitrogens is 2. The molecule has 3 heterocycles. The van der Waals surface area contributed by atoms with E-state index in [0.29, 0.717) is 17.3 Å². The Balaban J connectivity index is 1.50. The molecular weight excluding hydrogens is 477 g/mol. The van der Waals surface area contributed by atoms with Gasteiger partial charge in [-0.15, -0.1) is 0 Å². The van der Waals surface area contributed by atoms with Gasteiger partial charge in [0.2, 0.25) is 5.91 Å². The lowest BCUT2D eigenvalue weighted by atomic mass is 10.1. The summed E-state index contributed by atoms with van der Waals surface area (Å²) in [4.78, 5) is 43.4. The smallest absolute Gasteiger partial charge is 0.323 e. The van der Waals surface area contributed by atoms with Gasteiger partial charge in [-0.1, -0.05) is 17.7 Å². The topological polar surface area (TPSA) is 106 Å². The fraction of sp³-hybridized carbons (Fsp3) is 0.250. The lowest BCUT2D eigenvalue weighted by Gasteiger charge is -2.24. The Hall–Kier alpha value is -3.76. The van der Waals surface area contributed by atoms with Crippen molar-refractivity contribution in [3.05, 3.63) is 82.1 Å². The Morgan fingerprint density at radius 3 is 2.71 bits per heavy atom. The van der Waals surface area contributed by atoms with Crippen LogP contribution in [-0.4, -0.2) is 51.7 Å². The number of amides is 3. The van der Waals surface area contributed by atoms with Gasteiger partial charge in [0.1, 0.15) is 17.7 Å². The number of benzene rings is 1. The first kappa shape index (κ1) is 24.4. The third kappa shape index (κ3) is 5.67. The Bertz CT molecular complexity index is 1280. The first-order chi connectivity index (χ1) is 16.9. The number of likely N-dealkylation sites (tertiary alicyclic amines) is 1. The minimum atomic E-state index is -0.894. The van der Waals surface area contributed by atoms with Gasteiger partial charge in [-0.2, -0.15) is 0 Å². The van der Waals surface area contributed by atoms with E-state index < -0.39 is 23.8 Å². The van der Waals surface area contributed by atoms with Crippen LogP contribution in [0.4, 0.5) is 20.7 Å². The van der Waals surface area contributed by atoms with E-state index in [-0.39, 0.29) is 36.1 Å². The summed E-state index contributed by atoms with van der Waals surface area (Å²) in [5, 5.41) is 5.61. The number of halogens is 2. The van der Waals surface area contributed by atoms with E-state index in [4.69, 9.17) is 16.3 Å². The summed E-state index contributed by atoms with van der Waals surface area (Å²) in [6.07, 6.45) is 2.81. The number of hydrogen-bond donors (Lipinski definition) is 2. The van der Waals surface area contributed by atoms with E-state index in [9.17, 15) is 18.8 Å². The SMILES string of the molecule is CCO[C@@H]1C[C@H](C(=O)Nc2ccc(-n3ccccc3=O)cc2F)N(C(=O)Nc2ccc(Cl)cn2)C1. The number of rotatable bonds is 6. The minimum absolute atomic E-state index is 0.0673. The molecule has 35 heavy (non-hydrogen) atoms. The highest BCUT2D eigenvalue weighted by Crippen LogP contribution is 2.25. The van der Waals surface area contributed by atoms with E-state index in [1.807, 2.05) is 6.92 Å². The molecule has 0 unspecified atom stereocenters. The van der Waals surface area contributed by atoms with Crippen LogP contribution in [0.1, 0.15) is 13.3 Å². The molecule has 182 valence electrons. The van der Waals surface area contributed by atoms with Crippen LogP contribution in [0.25, 0.3) is 5.69 Å². The van der Waals surface area contributed by atoms with Crippen LogP contribution in [0.3, 0.4) is 0 Å². The standard InChI is InChI=1S/C24H23ClFN5O4/c1-2-35-17-12-20(31(14-17)24(34)29-21-9-6-15(25)13-27-21)23(33)28-19-8-7-16(11-18(19)26)30-10-4-3-5-22(30)32/h3-11,13,17,20H,2,12,14H2,1H3,(H,28,33)(H,27,29,34)/t17-,20-/m1/s1. The molecule has 0 bridgehead atoms. The Morgan fingerprint density at radius 2 is 2.03 bits per heavy atom. The van der Waals surface area contributed by atoms with Crippen molar-refractivity contribution in [2.24, 2.45) is 0 Å². The highest BCUT2D eigenvalue weighted by atomic mass is 35.5. The molecule has 2 atom stereocenters. The number of carbonyl (C=O) groups is 2. The van der Waals surface area contributed by atoms with Crippen molar-refractivity contribution >= 4 is 35.0 Å². The van der Waals surface area contributed by atoms with Crippen LogP contribution in [-0.2, 0) is 9.53 Å². The largest absolute Gasteiger partial charge is 0.377 e. The van der Waals surface area contributed by atoms with Gasteiger partial charge in [-0.3, -0.25) is 19.5 Å². The van der Waals surface area contributed by atoms with E-state index in [2.05, 4.69) is 15.6 Å². The first-order valence-electron chi connectivity index (χ1n) is 10.9. The first-order valence-corrected chi connectivity index (χ1v) is 11.3. The van der Waals surface area contributed by atoms with E-state index in [0.717, 1.165) is 6.07 Å². The van der Waals surface area contributed by atoms with Crippen LogP contribution in [0.2, 0.25) is 5.02 Å². The second-order valence-electron chi connectivity index (χ2n) is 7.84. The van der Waals surface area contributed by atoms with Gasteiger partial charge in [0.05, 0.1) is 22.5 Å². The summed E-state index contributed by atoms with van der Waals surface area (Å²) in [7, 11) is 0. The molecule has 9 nitrogen and oxygen atoms in total. The number of nitrogens with one attached hydrogen (secondary N) is 2. The van der Waals surface area contributed by atoms with Crippen molar-refractivity contribution in [2.45, 2.75) is 25.5 Å². The molecule has 3 amide bonds. The molecule has 1 aliphatic heterocycles. The molecule has 0 spiro atoms. The normalized spacial score (nSPS) is 17.3. The predicted molar refractivity (Wildman–Crippen MR) is 129 cm³/mol. The number of pyridine rings is 2. The van der Waals surface area contributed by atoms with Crippen LogP contribution in [0.15, 0.2) is 65.7 Å². The van der Waals surface area contributed by atoms with Crippen molar-refractivity contribution in [3.63, 3.8) is 0 Å². The van der Waals surface area contributed by atoms with Gasteiger partial charge in [0.25, 0.3) is 5.56 Å². The van der Waals surface area contributed by atoms with Crippen molar-refractivity contribution in [1.29, 1.82) is 0 Å². The lowest BCUT2D eigenvalue weighted by Crippen LogP contribution is -2.45. The van der Waals surface area contributed by atoms with Crippen molar-refractivity contribution in [2.75, 3.05) is 23.8 Å². The zero-order valence-corrected chi connectivity index (χ0v) is 19.5. The Kier molecular flexibility index (Phi) is 7.42. The molecule has 1 aromatic carbocycles. The molecule has 3 aromatic rings. The summed E-state index contributed by atoms with van der Waals surface area (Å²) in [6, 6.07) is 10.4. The third-order valence-electron chi connectivity index (χ3n) is 5.50. The number of hydrogen-bond acceptors (Lipinski definition) is 5. The molecule has 1 saturated heterocycles. The molecule has 1 fully saturated rings. The maximum Gasteiger partial charge on any atom is 0.323 e. The lowest BCUT2D eigenvalue weighted by molar-refractivity contribution is -0.119. The van der Waals surface area contributed by atoms with Gasteiger partial charge in [-0.25, -0.2) is 14.2 Å². The zero-order chi connectivity index (χ0) is 24.9. The molecule has 0 aliphatic carbocycles. The maximum absolute atomic E-state index is 14.8. The maximum atomic E-state index is 14.8. The summed E-state index contributed by atoms with van der Waals surface area (Å²) in [6.45, 7) is 2.43. The van der Waals surface area contributed by atoms with Crippen LogP contribution >= 0.6 is 11.6 Å². The summed E-state index contributed by atoms with van der Waals surface area (Å²) in [5.41, 5.74) is -0.0596. The number of nitrogens with zero attached hydrogens (tertiary/aromatic N) is 3. The van der Waals surface area contributed by atoms with Gasteiger partial charge >= 0.3 is 6.03 Å². The predicted octanol–water partition coefficient (Wildman–Crippen LogP) is 3.68. The number of anilines is 2. The van der Waals surface area contributed by atoms with Crippen molar-refractivity contribution < 1.29 is 18.7 Å². The van der Waals surface area contributed by atoms with E-state index in [1.165, 1.54) is 40.1 Å². The monoisotopic (exact) mass is 499 g/mol. The third-order valence-corrected chi connectivity index (χ3v) is 5.73. The quantitative estimate of drug-likeness (QED) is 0.538. The highest BCUT2D eigenvalue weighted by Gasteiger charge is 2.40. The molecular formula is C24H23ClFN5O4. The molecule has 0 saturated carbocycles. The van der Waals surface area contributed by atoms with E-state index >= 15 is 0 Å². The molecule has 11 heteroatoms. The highest BCUT2D eigenvalue weighted by molar-refractivity contribution is 6.30. The molecule has 1 aliphatic rings. The average Bonchev–Trinajstić information content (AvgIpc) is 3.27. The van der Waals surface area contributed by atoms with Crippen LogP contribution in [0.5, 0.6) is 0 Å². The minimum Gasteiger partial charge on any atom is -0.377 e. The summed E-state index contributed by atoms with van der Waals surface area (Å²) >= 11 is 5.83. The average molecular weight is 500 g/mol. The van der Waals surface area contributed by atoms with Crippen LogP contribution in [0, 0.1) is 5.82 Å². The molecule has 0 radical (unpaired) electrons. The fourth-order valence-electron chi connectivity index (χ4n) is 3.87. The number of ether oxygens (including phenoxy) is 1. The molecule has 4 rings (SSSR count). The summed E-state index contributed by atoms with van der Waals surface area (Å²) in [5.74, 6) is -1.00. The Morgan fingerprint density at radius 1 is 1.20 bits per heavy atom. The van der Waals surface area contributed by atoms with Gasteiger partial charge in [0.15, 0.2) is 0 Å². The second-order valence-corrected chi connectivity index (χ2v) is 8.27. The van der Waals surface area contributed by atoms with Gasteiger partial charge in [-0.05, 0) is 37.3 Å². The zero-order valence-electron chi connectivity index (χ0n) is 18.8. The number of carbonyl (C=O) groups excluding carboxylic acids is 2. The van der Waals surface area contributed by atoms with Crippen LogP contribution < -0.4 is 16.2 Å². The van der Waals surface area contributed by atoms with Gasteiger partial charge in [0, 0.05) is 44.1 Å². The van der Waals surface area contributed by atoms with Crippen molar-refractivity contribution in [3.8, 4) is 5.69 Å². The van der Waals surface area contributed by atoms with Crippen molar-refractivity contribution in [1.82, 2.24) is 14.5 Å². The number of urea groups is 1. The van der Waals surface area contributed by atoms with Gasteiger partial charge < -0.3 is 15.0 Å². The van der Waals surface area contributed by atoms with E-state index in [1.54, 1.807) is 24.3 Å². The fourth-order valence-corrected chi connectivity index (χ4v) is 3.98. The molecule has 2 N–H and O–H groups in total.